The van der Waals surface area contributed by atoms with E-state index in [1.165, 1.54) is 11.3 Å². The van der Waals surface area contributed by atoms with Gasteiger partial charge in [-0.2, -0.15) is 0 Å². The Morgan fingerprint density at radius 3 is 2.62 bits per heavy atom. The number of carbonyl (C=O) groups is 2. The Balaban J connectivity index is 1.88. The van der Waals surface area contributed by atoms with Gasteiger partial charge in [0.2, 0.25) is 11.0 Å². The molecule has 1 heterocycles. The minimum Gasteiger partial charge on any atom is -0.497 e. The van der Waals surface area contributed by atoms with E-state index >= 15 is 0 Å². The molecule has 0 radical (unpaired) electrons. The number of anilines is 1. The summed E-state index contributed by atoms with van der Waals surface area (Å²) < 4.78 is 5.12. The van der Waals surface area contributed by atoms with Crippen molar-refractivity contribution in [3.63, 3.8) is 0 Å². The molecule has 0 saturated heterocycles. The van der Waals surface area contributed by atoms with Crippen LogP contribution in [0.2, 0.25) is 0 Å². The number of rotatable bonds is 8. The normalized spacial score (nSPS) is 11.5. The van der Waals surface area contributed by atoms with Crippen LogP contribution in [0.1, 0.15) is 26.7 Å². The summed E-state index contributed by atoms with van der Waals surface area (Å²) in [5, 5.41) is 17.1. The van der Waals surface area contributed by atoms with Crippen molar-refractivity contribution in [2.24, 2.45) is 0 Å². The molecule has 0 aliphatic heterocycles. The third-order valence-electron chi connectivity index (χ3n) is 3.55. The van der Waals surface area contributed by atoms with E-state index < -0.39 is 6.04 Å². The summed E-state index contributed by atoms with van der Waals surface area (Å²) >= 11 is 1.26. The molecule has 0 aliphatic rings. The second-order valence-electron chi connectivity index (χ2n) is 5.61. The molecule has 1 aromatic carbocycles. The molecular weight excluding hydrogens is 354 g/mol. The van der Waals surface area contributed by atoms with Gasteiger partial charge in [-0.15, -0.1) is 10.2 Å². The van der Waals surface area contributed by atoms with E-state index in [1.54, 1.807) is 14.0 Å². The summed E-state index contributed by atoms with van der Waals surface area (Å²) in [6.45, 7) is 4.23. The number of unbranched alkanes of at least 4 members (excludes halogenated alkanes) is 1. The Labute approximate surface area is 156 Å². The second kappa shape index (κ2) is 9.71. The zero-order chi connectivity index (χ0) is 18.9. The number of hydrogen-bond donors (Lipinski definition) is 3. The van der Waals surface area contributed by atoms with E-state index in [0.717, 1.165) is 24.2 Å². The zero-order valence-electron chi connectivity index (χ0n) is 15.0. The van der Waals surface area contributed by atoms with Crippen LogP contribution in [0.15, 0.2) is 24.3 Å². The molecule has 1 unspecified atom stereocenters. The van der Waals surface area contributed by atoms with Gasteiger partial charge >= 0.3 is 6.03 Å². The van der Waals surface area contributed by atoms with Gasteiger partial charge in [-0.05, 0) is 37.6 Å². The molecule has 0 bridgehead atoms. The largest absolute Gasteiger partial charge is 0.497 e. The number of aromatic nitrogens is 2. The molecular formula is C17H23N5O3S. The van der Waals surface area contributed by atoms with Crippen LogP contribution < -0.4 is 20.7 Å². The van der Waals surface area contributed by atoms with Crippen LogP contribution in [0, 0.1) is 0 Å². The highest BCUT2D eigenvalue weighted by Gasteiger charge is 2.17. The monoisotopic (exact) mass is 377 g/mol. The van der Waals surface area contributed by atoms with Crippen molar-refractivity contribution < 1.29 is 14.3 Å². The fraction of sp³-hybridized carbons (Fsp3) is 0.412. The number of nitrogens with zero attached hydrogens (tertiary/aromatic N) is 2. The van der Waals surface area contributed by atoms with Gasteiger partial charge in [0, 0.05) is 12.1 Å². The molecule has 26 heavy (non-hydrogen) atoms. The number of hydrogen-bond acceptors (Lipinski definition) is 6. The lowest BCUT2D eigenvalue weighted by Crippen LogP contribution is -2.46. The molecule has 0 fully saturated rings. The number of methoxy groups -OCH3 is 1. The first-order valence-corrected chi connectivity index (χ1v) is 9.18. The molecule has 3 N–H and O–H groups in total. The highest BCUT2D eigenvalue weighted by atomic mass is 32.1. The number of urea groups is 1. The molecule has 1 aromatic heterocycles. The quantitative estimate of drug-likeness (QED) is 0.613. The Morgan fingerprint density at radius 2 is 1.96 bits per heavy atom. The Hall–Kier alpha value is -2.68. The summed E-state index contributed by atoms with van der Waals surface area (Å²) in [6, 6.07) is 6.35. The van der Waals surface area contributed by atoms with Crippen LogP contribution in [0.25, 0.3) is 10.6 Å². The summed E-state index contributed by atoms with van der Waals surface area (Å²) in [5.41, 5.74) is 0.880. The zero-order valence-corrected chi connectivity index (χ0v) is 15.9. The van der Waals surface area contributed by atoms with Crippen molar-refractivity contribution in [3.05, 3.63) is 24.3 Å². The fourth-order valence-corrected chi connectivity index (χ4v) is 2.78. The highest BCUT2D eigenvalue weighted by Crippen LogP contribution is 2.27. The van der Waals surface area contributed by atoms with E-state index in [-0.39, 0.29) is 11.9 Å². The van der Waals surface area contributed by atoms with Gasteiger partial charge in [0.1, 0.15) is 16.8 Å². The first-order chi connectivity index (χ1) is 12.5. The predicted octanol–water partition coefficient (Wildman–Crippen LogP) is 2.64. The topological polar surface area (TPSA) is 105 Å². The van der Waals surface area contributed by atoms with Crippen LogP contribution in [-0.4, -0.2) is 41.8 Å². The molecule has 140 valence electrons. The molecule has 2 rings (SSSR count). The third kappa shape index (κ3) is 5.69. The third-order valence-corrected chi connectivity index (χ3v) is 4.44. The van der Waals surface area contributed by atoms with Crippen molar-refractivity contribution in [3.8, 4) is 16.3 Å². The number of ether oxygens (including phenoxy) is 1. The number of nitrogens with one attached hydrogen (secondary N) is 3. The molecule has 0 saturated carbocycles. The summed E-state index contributed by atoms with van der Waals surface area (Å²) in [5.74, 6) is 0.400. The maximum atomic E-state index is 12.2. The molecule has 1 atom stereocenters. The van der Waals surface area contributed by atoms with Crippen molar-refractivity contribution in [2.45, 2.75) is 32.7 Å². The lowest BCUT2D eigenvalue weighted by molar-refractivity contribution is -0.117. The van der Waals surface area contributed by atoms with Gasteiger partial charge in [-0.3, -0.25) is 10.1 Å². The van der Waals surface area contributed by atoms with E-state index in [0.29, 0.717) is 16.7 Å². The Bertz CT molecular complexity index is 732. The second-order valence-corrected chi connectivity index (χ2v) is 6.58. The maximum absolute atomic E-state index is 12.2. The van der Waals surface area contributed by atoms with E-state index in [9.17, 15) is 9.59 Å². The average molecular weight is 377 g/mol. The van der Waals surface area contributed by atoms with Crippen LogP contribution >= 0.6 is 11.3 Å². The molecule has 9 heteroatoms. The lowest BCUT2D eigenvalue weighted by atomic mass is 10.2. The Kier molecular flexibility index (Phi) is 7.34. The molecule has 0 spiro atoms. The van der Waals surface area contributed by atoms with Crippen LogP contribution in [0.4, 0.5) is 9.93 Å². The van der Waals surface area contributed by atoms with Crippen LogP contribution in [0.5, 0.6) is 5.75 Å². The minimum absolute atomic E-state index is 0.354. The SMILES string of the molecule is CCCCNC(=O)NC(C)C(=O)Nc1nnc(-c2ccc(OC)cc2)s1. The molecule has 8 nitrogen and oxygen atoms in total. The van der Waals surface area contributed by atoms with Crippen molar-refractivity contribution in [1.82, 2.24) is 20.8 Å². The van der Waals surface area contributed by atoms with Crippen molar-refractivity contribution in [2.75, 3.05) is 19.0 Å². The van der Waals surface area contributed by atoms with Gasteiger partial charge in [0.25, 0.3) is 0 Å². The van der Waals surface area contributed by atoms with E-state index in [2.05, 4.69) is 26.1 Å². The minimum atomic E-state index is -0.690. The van der Waals surface area contributed by atoms with Crippen LogP contribution in [-0.2, 0) is 4.79 Å². The van der Waals surface area contributed by atoms with Gasteiger partial charge in [-0.25, -0.2) is 4.79 Å². The predicted molar refractivity (Wildman–Crippen MR) is 101 cm³/mol. The molecule has 2 aromatic rings. The summed E-state index contributed by atoms with van der Waals surface area (Å²) in [6.07, 6.45) is 1.89. The van der Waals surface area contributed by atoms with Crippen molar-refractivity contribution in [1.29, 1.82) is 0 Å². The number of amides is 3. The smallest absolute Gasteiger partial charge is 0.315 e. The maximum Gasteiger partial charge on any atom is 0.315 e. The summed E-state index contributed by atoms with van der Waals surface area (Å²) in [7, 11) is 1.60. The number of carbonyl (C=O) groups excluding carboxylic acids is 2. The van der Waals surface area contributed by atoms with E-state index in [4.69, 9.17) is 4.74 Å². The lowest BCUT2D eigenvalue weighted by Gasteiger charge is -2.13. The fourth-order valence-electron chi connectivity index (χ4n) is 2.03. The summed E-state index contributed by atoms with van der Waals surface area (Å²) in [4.78, 5) is 23.9. The van der Waals surface area contributed by atoms with Gasteiger partial charge in [-0.1, -0.05) is 24.7 Å². The van der Waals surface area contributed by atoms with Gasteiger partial charge in [0.05, 0.1) is 7.11 Å². The van der Waals surface area contributed by atoms with Gasteiger partial charge in [0.15, 0.2) is 0 Å². The standard InChI is InChI=1S/C17H23N5O3S/c1-4-5-10-18-16(24)19-11(2)14(23)20-17-22-21-15(26-17)12-6-8-13(25-3)9-7-12/h6-9,11H,4-5,10H2,1-3H3,(H2,18,19,24)(H,20,22,23). The van der Waals surface area contributed by atoms with E-state index in [1.807, 2.05) is 31.2 Å². The number of benzene rings is 1. The first kappa shape index (κ1) is 19.6. The molecule has 0 aliphatic carbocycles. The molecule has 3 amide bonds. The highest BCUT2D eigenvalue weighted by molar-refractivity contribution is 7.18. The van der Waals surface area contributed by atoms with Crippen LogP contribution in [0.3, 0.4) is 0 Å². The van der Waals surface area contributed by atoms with Gasteiger partial charge < -0.3 is 15.4 Å². The van der Waals surface area contributed by atoms with Crippen molar-refractivity contribution >= 4 is 28.4 Å². The first-order valence-electron chi connectivity index (χ1n) is 8.36. The average Bonchev–Trinajstić information content (AvgIpc) is 3.10. The Morgan fingerprint density at radius 1 is 1.23 bits per heavy atom.